The van der Waals surface area contributed by atoms with E-state index in [0.29, 0.717) is 12.3 Å². The molecule has 1 N–H and O–H groups in total. The minimum absolute atomic E-state index is 0.129. The van der Waals surface area contributed by atoms with Crippen LogP contribution in [0.2, 0.25) is 0 Å². The van der Waals surface area contributed by atoms with Crippen LogP contribution in [0, 0.1) is 5.92 Å². The first-order valence-corrected chi connectivity index (χ1v) is 6.99. The summed E-state index contributed by atoms with van der Waals surface area (Å²) in [5, 5.41) is 3.26. The summed E-state index contributed by atoms with van der Waals surface area (Å²) in [6.45, 7) is 6.84. The van der Waals surface area contributed by atoms with Gasteiger partial charge in [0, 0.05) is 51.6 Å². The van der Waals surface area contributed by atoms with Gasteiger partial charge >= 0.3 is 0 Å². The van der Waals surface area contributed by atoms with Crippen molar-refractivity contribution in [2.75, 3.05) is 39.3 Å². The number of hydrogen-bond donors (Lipinski definition) is 1. The maximum absolute atomic E-state index is 12.3. The van der Waals surface area contributed by atoms with Crippen molar-refractivity contribution >= 4 is 11.8 Å². The molecule has 2 fully saturated rings. The van der Waals surface area contributed by atoms with E-state index in [-0.39, 0.29) is 11.8 Å². The number of amides is 2. The van der Waals surface area contributed by atoms with Gasteiger partial charge in [0.15, 0.2) is 0 Å². The maximum atomic E-state index is 12.3. The van der Waals surface area contributed by atoms with Gasteiger partial charge in [0.05, 0.1) is 0 Å². The first-order chi connectivity index (χ1) is 8.72. The second-order valence-corrected chi connectivity index (χ2v) is 5.08. The molecule has 0 saturated carbocycles. The molecule has 5 heteroatoms. The molecule has 2 aliphatic rings. The molecule has 5 nitrogen and oxygen atoms in total. The Bertz CT molecular complexity index is 305. The Morgan fingerprint density at radius 1 is 1.06 bits per heavy atom. The Balaban J connectivity index is 1.81. The highest BCUT2D eigenvalue weighted by Gasteiger charge is 2.30. The molecular formula is C13H23N3O2. The van der Waals surface area contributed by atoms with Crippen LogP contribution >= 0.6 is 0 Å². The molecule has 0 aliphatic carbocycles. The van der Waals surface area contributed by atoms with Crippen molar-refractivity contribution in [3.63, 3.8) is 0 Å². The number of hydrogen-bond acceptors (Lipinski definition) is 3. The van der Waals surface area contributed by atoms with Gasteiger partial charge < -0.3 is 15.1 Å². The molecule has 0 aromatic heterocycles. The fraction of sp³-hybridized carbons (Fsp3) is 0.846. The van der Waals surface area contributed by atoms with Crippen molar-refractivity contribution in [3.05, 3.63) is 0 Å². The number of nitrogens with zero attached hydrogens (tertiary/aromatic N) is 2. The van der Waals surface area contributed by atoms with Crippen LogP contribution in [0.15, 0.2) is 0 Å². The van der Waals surface area contributed by atoms with E-state index in [4.69, 9.17) is 0 Å². The van der Waals surface area contributed by atoms with Crippen molar-refractivity contribution < 1.29 is 9.59 Å². The third-order valence-corrected chi connectivity index (χ3v) is 3.93. The normalized spacial score (nSPS) is 22.1. The van der Waals surface area contributed by atoms with E-state index in [2.05, 4.69) is 5.32 Å². The molecular weight excluding hydrogens is 230 g/mol. The van der Waals surface area contributed by atoms with Gasteiger partial charge in [-0.25, -0.2) is 0 Å². The molecule has 0 unspecified atom stereocenters. The quantitative estimate of drug-likeness (QED) is 0.757. The highest BCUT2D eigenvalue weighted by molar-refractivity contribution is 5.80. The fourth-order valence-corrected chi connectivity index (χ4v) is 2.74. The van der Waals surface area contributed by atoms with Gasteiger partial charge in [-0.1, -0.05) is 6.92 Å². The van der Waals surface area contributed by atoms with Gasteiger partial charge in [-0.15, -0.1) is 0 Å². The number of likely N-dealkylation sites (tertiary alicyclic amines) is 1. The zero-order valence-electron chi connectivity index (χ0n) is 11.2. The first kappa shape index (κ1) is 13.3. The lowest BCUT2D eigenvalue weighted by atomic mass is 9.95. The SMILES string of the molecule is CCC(=O)N1CCC(C(=O)N2CCNCC2)CC1. The zero-order valence-corrected chi connectivity index (χ0v) is 11.2. The van der Waals surface area contributed by atoms with Crippen LogP contribution in [0.5, 0.6) is 0 Å². The maximum Gasteiger partial charge on any atom is 0.225 e. The van der Waals surface area contributed by atoms with Crippen molar-refractivity contribution in [3.8, 4) is 0 Å². The highest BCUT2D eigenvalue weighted by atomic mass is 16.2. The highest BCUT2D eigenvalue weighted by Crippen LogP contribution is 2.20. The first-order valence-electron chi connectivity index (χ1n) is 6.99. The average Bonchev–Trinajstić information content (AvgIpc) is 2.47. The minimum atomic E-state index is 0.129. The Morgan fingerprint density at radius 3 is 2.22 bits per heavy atom. The van der Waals surface area contributed by atoms with Gasteiger partial charge in [-0.05, 0) is 12.8 Å². The molecule has 2 saturated heterocycles. The summed E-state index contributed by atoms with van der Waals surface area (Å²) in [5.41, 5.74) is 0. The Labute approximate surface area is 108 Å². The fourth-order valence-electron chi connectivity index (χ4n) is 2.74. The monoisotopic (exact) mass is 253 g/mol. The largest absolute Gasteiger partial charge is 0.343 e. The molecule has 2 amide bonds. The van der Waals surface area contributed by atoms with Crippen molar-refractivity contribution in [1.29, 1.82) is 0 Å². The molecule has 0 atom stereocenters. The lowest BCUT2D eigenvalue weighted by molar-refractivity contribution is -0.141. The van der Waals surface area contributed by atoms with Gasteiger partial charge in [0.25, 0.3) is 0 Å². The Hall–Kier alpha value is -1.10. The van der Waals surface area contributed by atoms with Crippen LogP contribution in [-0.2, 0) is 9.59 Å². The number of piperidine rings is 1. The molecule has 0 aromatic carbocycles. The number of carbonyl (C=O) groups excluding carboxylic acids is 2. The van der Waals surface area contributed by atoms with E-state index < -0.39 is 0 Å². The van der Waals surface area contributed by atoms with E-state index in [9.17, 15) is 9.59 Å². The number of nitrogens with one attached hydrogen (secondary N) is 1. The van der Waals surface area contributed by atoms with E-state index >= 15 is 0 Å². The second kappa shape index (κ2) is 6.18. The summed E-state index contributed by atoms with van der Waals surface area (Å²) in [5.74, 6) is 0.632. The van der Waals surface area contributed by atoms with Gasteiger partial charge in [0.1, 0.15) is 0 Å². The smallest absolute Gasteiger partial charge is 0.225 e. The van der Waals surface area contributed by atoms with E-state index in [1.54, 1.807) is 0 Å². The lowest BCUT2D eigenvalue weighted by Gasteiger charge is -2.35. The number of carbonyl (C=O) groups is 2. The van der Waals surface area contributed by atoms with Crippen LogP contribution < -0.4 is 5.32 Å². The van der Waals surface area contributed by atoms with Crippen LogP contribution in [0.3, 0.4) is 0 Å². The van der Waals surface area contributed by atoms with Crippen LogP contribution in [0.1, 0.15) is 26.2 Å². The minimum Gasteiger partial charge on any atom is -0.343 e. The Morgan fingerprint density at radius 2 is 1.67 bits per heavy atom. The van der Waals surface area contributed by atoms with Gasteiger partial charge in [0.2, 0.25) is 11.8 Å². The standard InChI is InChI=1S/C13H23N3O2/c1-2-12(17)15-7-3-11(4-8-15)13(18)16-9-5-14-6-10-16/h11,14H,2-10H2,1H3. The van der Waals surface area contributed by atoms with Crippen molar-refractivity contribution in [2.24, 2.45) is 5.92 Å². The number of rotatable bonds is 2. The summed E-state index contributed by atoms with van der Waals surface area (Å²) in [6.07, 6.45) is 2.22. The summed E-state index contributed by atoms with van der Waals surface area (Å²) in [6, 6.07) is 0. The number of piperazine rings is 1. The van der Waals surface area contributed by atoms with Crippen LogP contribution in [0.4, 0.5) is 0 Å². The summed E-state index contributed by atoms with van der Waals surface area (Å²) < 4.78 is 0. The predicted octanol–water partition coefficient (Wildman–Crippen LogP) is 0.0668. The molecule has 0 radical (unpaired) electrons. The zero-order chi connectivity index (χ0) is 13.0. The molecule has 102 valence electrons. The lowest BCUT2D eigenvalue weighted by Crippen LogP contribution is -2.50. The molecule has 0 aromatic rings. The predicted molar refractivity (Wildman–Crippen MR) is 69.0 cm³/mol. The average molecular weight is 253 g/mol. The van der Waals surface area contributed by atoms with E-state index in [1.165, 1.54) is 0 Å². The van der Waals surface area contributed by atoms with E-state index in [1.807, 2.05) is 16.7 Å². The van der Waals surface area contributed by atoms with Crippen LogP contribution in [-0.4, -0.2) is 60.9 Å². The van der Waals surface area contributed by atoms with Crippen molar-refractivity contribution in [1.82, 2.24) is 15.1 Å². The van der Waals surface area contributed by atoms with Crippen molar-refractivity contribution in [2.45, 2.75) is 26.2 Å². The molecule has 2 aliphatic heterocycles. The van der Waals surface area contributed by atoms with E-state index in [0.717, 1.165) is 52.1 Å². The summed E-state index contributed by atoms with van der Waals surface area (Å²) in [7, 11) is 0. The molecule has 2 heterocycles. The molecule has 18 heavy (non-hydrogen) atoms. The summed E-state index contributed by atoms with van der Waals surface area (Å²) in [4.78, 5) is 27.7. The Kier molecular flexibility index (Phi) is 4.58. The third-order valence-electron chi connectivity index (χ3n) is 3.93. The summed E-state index contributed by atoms with van der Waals surface area (Å²) >= 11 is 0. The van der Waals surface area contributed by atoms with Crippen LogP contribution in [0.25, 0.3) is 0 Å². The van der Waals surface area contributed by atoms with Gasteiger partial charge in [-0.2, -0.15) is 0 Å². The second-order valence-electron chi connectivity index (χ2n) is 5.08. The topological polar surface area (TPSA) is 52.7 Å². The third kappa shape index (κ3) is 3.02. The molecule has 0 spiro atoms. The molecule has 0 bridgehead atoms. The molecule has 2 rings (SSSR count). The van der Waals surface area contributed by atoms with Gasteiger partial charge in [-0.3, -0.25) is 9.59 Å².